The summed E-state index contributed by atoms with van der Waals surface area (Å²) in [5, 5.41) is 6.39. The van der Waals surface area contributed by atoms with Gasteiger partial charge in [-0.25, -0.2) is 4.98 Å². The highest BCUT2D eigenvalue weighted by Crippen LogP contribution is 2.19. The van der Waals surface area contributed by atoms with Crippen molar-refractivity contribution in [1.29, 1.82) is 0 Å². The van der Waals surface area contributed by atoms with Crippen LogP contribution in [-0.4, -0.2) is 37.8 Å². The number of carbonyl (C=O) groups excluding carboxylic acids is 1. The number of pyridine rings is 1. The second-order valence-electron chi connectivity index (χ2n) is 4.96. The van der Waals surface area contributed by atoms with Crippen molar-refractivity contribution >= 4 is 23.2 Å². The van der Waals surface area contributed by atoms with Crippen molar-refractivity contribution in [3.8, 4) is 5.88 Å². The molecule has 2 aromatic rings. The van der Waals surface area contributed by atoms with Crippen LogP contribution in [0.3, 0.4) is 0 Å². The fourth-order valence-electron chi connectivity index (χ4n) is 1.87. The Labute approximate surface area is 146 Å². The third-order valence-corrected chi connectivity index (χ3v) is 3.47. The van der Waals surface area contributed by atoms with Gasteiger partial charge in [-0.15, -0.1) is 0 Å². The highest BCUT2D eigenvalue weighted by atomic mass is 35.5. The molecule has 0 unspecified atom stereocenters. The number of nitrogens with one attached hydrogen (secondary N) is 2. The third-order valence-electron chi connectivity index (χ3n) is 3.14. The van der Waals surface area contributed by atoms with Crippen molar-refractivity contribution in [2.45, 2.75) is 6.54 Å². The second kappa shape index (κ2) is 9.75. The molecule has 0 radical (unpaired) electrons. The van der Waals surface area contributed by atoms with Gasteiger partial charge in [0.2, 0.25) is 11.8 Å². The molecule has 1 heterocycles. The first-order valence-corrected chi connectivity index (χ1v) is 7.88. The average Bonchev–Trinajstić information content (AvgIpc) is 2.60. The van der Waals surface area contributed by atoms with Gasteiger partial charge in [-0.1, -0.05) is 29.8 Å². The lowest BCUT2D eigenvalue weighted by molar-refractivity contribution is -0.119. The summed E-state index contributed by atoms with van der Waals surface area (Å²) in [7, 11) is 1.61. The quantitative estimate of drug-likeness (QED) is 0.680. The maximum absolute atomic E-state index is 11.9. The molecule has 6 nitrogen and oxygen atoms in total. The zero-order chi connectivity index (χ0) is 17.2. The number of hydrogen-bond acceptors (Lipinski definition) is 5. The van der Waals surface area contributed by atoms with E-state index in [0.717, 1.165) is 11.3 Å². The number of amides is 1. The maximum Gasteiger partial charge on any atom is 0.239 e. The molecule has 0 bridgehead atoms. The van der Waals surface area contributed by atoms with Crippen molar-refractivity contribution in [2.75, 3.05) is 32.2 Å². The summed E-state index contributed by atoms with van der Waals surface area (Å²) in [4.78, 5) is 16.0. The van der Waals surface area contributed by atoms with Crippen LogP contribution in [0.15, 0.2) is 42.6 Å². The molecule has 7 heteroatoms. The van der Waals surface area contributed by atoms with E-state index in [0.29, 0.717) is 30.7 Å². The van der Waals surface area contributed by atoms with Gasteiger partial charge in [-0.3, -0.25) is 4.79 Å². The molecule has 2 N–H and O–H groups in total. The zero-order valence-corrected chi connectivity index (χ0v) is 14.2. The molecule has 0 atom stereocenters. The van der Waals surface area contributed by atoms with Crippen LogP contribution in [0.4, 0.5) is 5.69 Å². The number of methoxy groups -OCH3 is 1. The Morgan fingerprint density at radius 2 is 2.04 bits per heavy atom. The zero-order valence-electron chi connectivity index (χ0n) is 13.4. The van der Waals surface area contributed by atoms with E-state index in [1.807, 2.05) is 24.3 Å². The molecule has 1 aromatic heterocycles. The van der Waals surface area contributed by atoms with Crippen LogP contribution in [0, 0.1) is 0 Å². The molecular formula is C17H20ClN3O3. The molecule has 1 aromatic carbocycles. The minimum atomic E-state index is -0.129. The number of para-hydroxylation sites is 1. The Morgan fingerprint density at radius 1 is 1.21 bits per heavy atom. The largest absolute Gasteiger partial charge is 0.475 e. The van der Waals surface area contributed by atoms with Crippen LogP contribution in [0.2, 0.25) is 5.02 Å². The predicted octanol–water partition coefficient (Wildman–Crippen LogP) is 2.49. The highest BCUT2D eigenvalue weighted by Gasteiger charge is 2.04. The van der Waals surface area contributed by atoms with Crippen molar-refractivity contribution in [1.82, 2.24) is 10.3 Å². The third kappa shape index (κ3) is 6.06. The van der Waals surface area contributed by atoms with Gasteiger partial charge in [0.05, 0.1) is 23.9 Å². The molecule has 0 saturated heterocycles. The first-order chi connectivity index (χ1) is 11.7. The van der Waals surface area contributed by atoms with Gasteiger partial charge in [-0.2, -0.15) is 0 Å². The molecule has 128 valence electrons. The van der Waals surface area contributed by atoms with E-state index in [-0.39, 0.29) is 12.5 Å². The van der Waals surface area contributed by atoms with Gasteiger partial charge in [0.1, 0.15) is 6.61 Å². The van der Waals surface area contributed by atoms with Crippen LogP contribution >= 0.6 is 11.6 Å². The van der Waals surface area contributed by atoms with Gasteiger partial charge >= 0.3 is 0 Å². The fraction of sp³-hybridized carbons (Fsp3) is 0.294. The Balaban J connectivity index is 1.72. The Hall–Kier alpha value is -2.31. The summed E-state index contributed by atoms with van der Waals surface area (Å²) in [5.74, 6) is 0.401. The van der Waals surface area contributed by atoms with E-state index in [4.69, 9.17) is 21.1 Å². The van der Waals surface area contributed by atoms with Gasteiger partial charge in [0.15, 0.2) is 0 Å². The Bertz CT molecular complexity index is 650. The van der Waals surface area contributed by atoms with Crippen molar-refractivity contribution in [2.24, 2.45) is 0 Å². The van der Waals surface area contributed by atoms with E-state index < -0.39 is 0 Å². The van der Waals surface area contributed by atoms with Gasteiger partial charge in [-0.05, 0) is 17.7 Å². The normalized spacial score (nSPS) is 10.2. The number of carbonyl (C=O) groups is 1. The smallest absolute Gasteiger partial charge is 0.239 e. The monoisotopic (exact) mass is 349 g/mol. The van der Waals surface area contributed by atoms with Crippen LogP contribution in [-0.2, 0) is 16.1 Å². The number of aromatic nitrogens is 1. The lowest BCUT2D eigenvalue weighted by Crippen LogP contribution is -2.29. The van der Waals surface area contributed by atoms with Gasteiger partial charge in [0.25, 0.3) is 0 Å². The standard InChI is InChI=1S/C17H20ClN3O3/c1-23-8-9-24-17-7-6-13(11-21-17)10-20-16(22)12-19-15-5-3-2-4-14(15)18/h2-7,11,19H,8-10,12H2,1H3,(H,20,22). The Kier molecular flexibility index (Phi) is 7.32. The van der Waals surface area contributed by atoms with Gasteiger partial charge in [0, 0.05) is 25.9 Å². The maximum atomic E-state index is 11.9. The van der Waals surface area contributed by atoms with Crippen LogP contribution in [0.5, 0.6) is 5.88 Å². The van der Waals surface area contributed by atoms with Crippen LogP contribution in [0.1, 0.15) is 5.56 Å². The topological polar surface area (TPSA) is 72.5 Å². The van der Waals surface area contributed by atoms with Crippen molar-refractivity contribution in [3.63, 3.8) is 0 Å². The van der Waals surface area contributed by atoms with E-state index >= 15 is 0 Å². The number of benzene rings is 1. The van der Waals surface area contributed by atoms with Gasteiger partial charge < -0.3 is 20.1 Å². The number of rotatable bonds is 9. The molecule has 0 saturated carbocycles. The van der Waals surface area contributed by atoms with E-state index in [1.54, 1.807) is 25.4 Å². The summed E-state index contributed by atoms with van der Waals surface area (Å²) < 4.78 is 10.3. The summed E-state index contributed by atoms with van der Waals surface area (Å²) in [6.07, 6.45) is 1.67. The first-order valence-electron chi connectivity index (χ1n) is 7.51. The average molecular weight is 350 g/mol. The molecule has 24 heavy (non-hydrogen) atoms. The summed E-state index contributed by atoms with van der Waals surface area (Å²) in [6, 6.07) is 10.9. The minimum absolute atomic E-state index is 0.129. The highest BCUT2D eigenvalue weighted by molar-refractivity contribution is 6.33. The minimum Gasteiger partial charge on any atom is -0.475 e. The lowest BCUT2D eigenvalue weighted by atomic mass is 10.3. The predicted molar refractivity (Wildman–Crippen MR) is 93.4 cm³/mol. The number of ether oxygens (including phenoxy) is 2. The van der Waals surface area contributed by atoms with Crippen LogP contribution in [0.25, 0.3) is 0 Å². The number of nitrogens with zero attached hydrogens (tertiary/aromatic N) is 1. The van der Waals surface area contributed by atoms with Crippen molar-refractivity contribution in [3.05, 3.63) is 53.2 Å². The molecular weight excluding hydrogens is 330 g/mol. The van der Waals surface area contributed by atoms with Crippen molar-refractivity contribution < 1.29 is 14.3 Å². The molecule has 0 aliphatic rings. The van der Waals surface area contributed by atoms with Crippen LogP contribution < -0.4 is 15.4 Å². The summed E-state index contributed by atoms with van der Waals surface area (Å²) in [5.41, 5.74) is 1.62. The molecule has 0 spiro atoms. The number of anilines is 1. The summed E-state index contributed by atoms with van der Waals surface area (Å²) >= 11 is 6.02. The first kappa shape index (κ1) is 18.0. The molecule has 0 aliphatic heterocycles. The number of halogens is 1. The number of hydrogen-bond donors (Lipinski definition) is 2. The van der Waals surface area contributed by atoms with E-state index in [2.05, 4.69) is 15.6 Å². The van der Waals surface area contributed by atoms with E-state index in [9.17, 15) is 4.79 Å². The molecule has 0 aliphatic carbocycles. The molecule has 2 rings (SSSR count). The molecule has 0 fully saturated rings. The fourth-order valence-corrected chi connectivity index (χ4v) is 2.08. The Morgan fingerprint density at radius 3 is 2.75 bits per heavy atom. The lowest BCUT2D eigenvalue weighted by Gasteiger charge is -2.09. The molecule has 1 amide bonds. The second-order valence-corrected chi connectivity index (χ2v) is 5.36. The summed E-state index contributed by atoms with van der Waals surface area (Å²) in [6.45, 7) is 1.51. The van der Waals surface area contributed by atoms with E-state index in [1.165, 1.54) is 0 Å². The SMILES string of the molecule is COCCOc1ccc(CNC(=O)CNc2ccccc2Cl)cn1.